The molecule has 3 aromatic rings. The fourth-order valence-corrected chi connectivity index (χ4v) is 3.83. The molecule has 0 aliphatic carbocycles. The Hall–Kier alpha value is -2.45. The highest BCUT2D eigenvalue weighted by molar-refractivity contribution is 9.10. The quantitative estimate of drug-likeness (QED) is 0.597. The monoisotopic (exact) mass is 460 g/mol. The summed E-state index contributed by atoms with van der Waals surface area (Å²) in [5.74, 6) is 0.581. The molecule has 1 saturated heterocycles. The summed E-state index contributed by atoms with van der Waals surface area (Å²) in [5.41, 5.74) is 1.97. The third-order valence-corrected chi connectivity index (χ3v) is 5.70. The van der Waals surface area contributed by atoms with Gasteiger partial charge in [0.05, 0.1) is 0 Å². The number of piperazine rings is 1. The zero-order valence-corrected chi connectivity index (χ0v) is 17.3. The minimum Gasteiger partial charge on any atom is -0.368 e. The molecule has 2 aromatic carbocycles. The molecule has 0 unspecified atom stereocenters. The van der Waals surface area contributed by atoms with Crippen molar-refractivity contribution < 1.29 is 4.79 Å². The van der Waals surface area contributed by atoms with Crippen LogP contribution in [0, 0.1) is 0 Å². The number of anilines is 1. The van der Waals surface area contributed by atoms with Crippen LogP contribution < -0.4 is 4.90 Å². The van der Waals surface area contributed by atoms with Gasteiger partial charge >= 0.3 is 0 Å². The molecule has 28 heavy (non-hydrogen) atoms. The third-order valence-electron chi connectivity index (χ3n) is 4.76. The summed E-state index contributed by atoms with van der Waals surface area (Å²) in [6, 6.07) is 15.5. The molecule has 0 radical (unpaired) electrons. The van der Waals surface area contributed by atoms with Crippen molar-refractivity contribution in [3.63, 3.8) is 0 Å². The van der Waals surface area contributed by atoms with Crippen LogP contribution in [0.5, 0.6) is 0 Å². The van der Waals surface area contributed by atoms with Gasteiger partial charge in [-0.15, -0.1) is 5.10 Å². The standard InChI is InChI=1S/C19H18BrClN6O/c20-17-4-2-1-3-16(17)19-22-23-24-27(19)13-18(28)26-11-9-25(10-12-26)15-7-5-14(21)6-8-15/h1-8H,9-13H2. The van der Waals surface area contributed by atoms with E-state index in [0.717, 1.165) is 33.8 Å². The summed E-state index contributed by atoms with van der Waals surface area (Å²) in [6.45, 7) is 2.99. The highest BCUT2D eigenvalue weighted by Crippen LogP contribution is 2.25. The van der Waals surface area contributed by atoms with Gasteiger partial charge < -0.3 is 9.80 Å². The van der Waals surface area contributed by atoms with E-state index >= 15 is 0 Å². The van der Waals surface area contributed by atoms with Gasteiger partial charge in [0.1, 0.15) is 6.54 Å². The van der Waals surface area contributed by atoms with E-state index < -0.39 is 0 Å². The highest BCUT2D eigenvalue weighted by atomic mass is 79.9. The lowest BCUT2D eigenvalue weighted by molar-refractivity contribution is -0.132. The second-order valence-electron chi connectivity index (χ2n) is 6.48. The molecule has 2 heterocycles. The average Bonchev–Trinajstić information content (AvgIpc) is 3.17. The van der Waals surface area contributed by atoms with E-state index in [1.165, 1.54) is 0 Å². The number of benzene rings is 2. The SMILES string of the molecule is O=C(Cn1nnnc1-c1ccccc1Br)N1CCN(c2ccc(Cl)cc2)CC1. The summed E-state index contributed by atoms with van der Waals surface area (Å²) < 4.78 is 2.43. The fraction of sp³-hybridized carbons (Fsp3) is 0.263. The summed E-state index contributed by atoms with van der Waals surface area (Å²) in [6.07, 6.45) is 0. The van der Waals surface area contributed by atoms with Crippen LogP contribution in [0.1, 0.15) is 0 Å². The van der Waals surface area contributed by atoms with E-state index in [1.54, 1.807) is 4.68 Å². The second kappa shape index (κ2) is 8.28. The van der Waals surface area contributed by atoms with E-state index in [9.17, 15) is 4.79 Å². The van der Waals surface area contributed by atoms with Crippen LogP contribution in [0.4, 0.5) is 5.69 Å². The number of rotatable bonds is 4. The predicted molar refractivity (Wildman–Crippen MR) is 111 cm³/mol. The largest absolute Gasteiger partial charge is 0.368 e. The first-order valence-corrected chi connectivity index (χ1v) is 10.1. The fourth-order valence-electron chi connectivity index (χ4n) is 3.24. The Labute approximate surface area is 176 Å². The summed E-state index contributed by atoms with van der Waals surface area (Å²) in [7, 11) is 0. The first kappa shape index (κ1) is 18.9. The Balaban J connectivity index is 1.40. The molecule has 1 amide bonds. The molecular formula is C19H18BrClN6O. The van der Waals surface area contributed by atoms with E-state index in [2.05, 4.69) is 36.4 Å². The number of nitrogens with zero attached hydrogens (tertiary/aromatic N) is 6. The van der Waals surface area contributed by atoms with Gasteiger partial charge in [0, 0.05) is 46.9 Å². The number of tetrazole rings is 1. The number of halogens is 2. The number of hydrogen-bond donors (Lipinski definition) is 0. The maximum atomic E-state index is 12.8. The lowest BCUT2D eigenvalue weighted by atomic mass is 10.2. The van der Waals surface area contributed by atoms with Crippen LogP contribution in [-0.2, 0) is 11.3 Å². The first-order valence-electron chi connectivity index (χ1n) is 8.91. The highest BCUT2D eigenvalue weighted by Gasteiger charge is 2.23. The van der Waals surface area contributed by atoms with Crippen LogP contribution >= 0.6 is 27.5 Å². The van der Waals surface area contributed by atoms with Gasteiger partial charge in [0.15, 0.2) is 5.82 Å². The van der Waals surface area contributed by atoms with Crippen molar-refractivity contribution in [3.8, 4) is 11.4 Å². The summed E-state index contributed by atoms with van der Waals surface area (Å²) >= 11 is 9.47. The normalized spacial score (nSPS) is 14.4. The van der Waals surface area contributed by atoms with E-state index in [4.69, 9.17) is 11.6 Å². The van der Waals surface area contributed by atoms with Gasteiger partial charge in [-0.25, -0.2) is 4.68 Å². The summed E-state index contributed by atoms with van der Waals surface area (Å²) in [5, 5.41) is 12.6. The molecule has 1 aliphatic heterocycles. The van der Waals surface area contributed by atoms with Crippen molar-refractivity contribution in [2.75, 3.05) is 31.1 Å². The van der Waals surface area contributed by atoms with Gasteiger partial charge in [-0.3, -0.25) is 4.79 Å². The number of hydrogen-bond acceptors (Lipinski definition) is 5. The van der Waals surface area contributed by atoms with Gasteiger partial charge in [-0.05, 0) is 46.8 Å². The van der Waals surface area contributed by atoms with Crippen molar-refractivity contribution in [2.24, 2.45) is 0 Å². The Morgan fingerprint density at radius 2 is 1.75 bits per heavy atom. The van der Waals surface area contributed by atoms with Crippen molar-refractivity contribution >= 4 is 39.1 Å². The zero-order chi connectivity index (χ0) is 19.5. The average molecular weight is 462 g/mol. The van der Waals surface area contributed by atoms with Crippen molar-refractivity contribution in [1.82, 2.24) is 25.1 Å². The van der Waals surface area contributed by atoms with Crippen LogP contribution in [0.25, 0.3) is 11.4 Å². The number of carbonyl (C=O) groups is 1. The third kappa shape index (κ3) is 4.02. The molecule has 9 heteroatoms. The number of carbonyl (C=O) groups excluding carboxylic acids is 1. The Kier molecular flexibility index (Phi) is 5.59. The summed E-state index contributed by atoms with van der Waals surface area (Å²) in [4.78, 5) is 16.9. The predicted octanol–water partition coefficient (Wildman–Crippen LogP) is 3.10. The first-order chi connectivity index (χ1) is 13.6. The van der Waals surface area contributed by atoms with E-state index in [0.29, 0.717) is 18.9 Å². The second-order valence-corrected chi connectivity index (χ2v) is 7.78. The van der Waals surface area contributed by atoms with Crippen LogP contribution in [0.15, 0.2) is 53.0 Å². The van der Waals surface area contributed by atoms with Crippen LogP contribution in [0.2, 0.25) is 5.02 Å². The maximum Gasteiger partial charge on any atom is 0.244 e. The maximum absolute atomic E-state index is 12.8. The van der Waals surface area contributed by atoms with Gasteiger partial charge in [-0.2, -0.15) is 0 Å². The van der Waals surface area contributed by atoms with Crippen molar-refractivity contribution in [2.45, 2.75) is 6.54 Å². The van der Waals surface area contributed by atoms with Gasteiger partial charge in [-0.1, -0.05) is 39.7 Å². The molecular weight excluding hydrogens is 444 g/mol. The molecule has 7 nitrogen and oxygen atoms in total. The van der Waals surface area contributed by atoms with Gasteiger partial charge in [0.25, 0.3) is 0 Å². The molecule has 0 bridgehead atoms. The molecule has 0 atom stereocenters. The topological polar surface area (TPSA) is 67.2 Å². The Morgan fingerprint density at radius 1 is 1.04 bits per heavy atom. The van der Waals surface area contributed by atoms with Crippen molar-refractivity contribution in [1.29, 1.82) is 0 Å². The number of aromatic nitrogens is 4. The van der Waals surface area contributed by atoms with Crippen LogP contribution in [-0.4, -0.2) is 57.2 Å². The van der Waals surface area contributed by atoms with Crippen LogP contribution in [0.3, 0.4) is 0 Å². The molecule has 4 rings (SSSR count). The zero-order valence-electron chi connectivity index (χ0n) is 15.0. The Bertz CT molecular complexity index is 969. The molecule has 1 aromatic heterocycles. The number of amides is 1. The molecule has 144 valence electrons. The molecule has 0 saturated carbocycles. The molecule has 0 spiro atoms. The molecule has 1 aliphatic rings. The van der Waals surface area contributed by atoms with E-state index in [-0.39, 0.29) is 12.5 Å². The van der Waals surface area contributed by atoms with Crippen molar-refractivity contribution in [3.05, 3.63) is 58.0 Å². The smallest absolute Gasteiger partial charge is 0.244 e. The van der Waals surface area contributed by atoms with E-state index in [1.807, 2.05) is 53.4 Å². The van der Waals surface area contributed by atoms with Gasteiger partial charge in [0.2, 0.25) is 5.91 Å². The Morgan fingerprint density at radius 3 is 2.46 bits per heavy atom. The lowest BCUT2D eigenvalue weighted by Gasteiger charge is -2.36. The minimum absolute atomic E-state index is 0.0105. The minimum atomic E-state index is 0.0105. The lowest BCUT2D eigenvalue weighted by Crippen LogP contribution is -2.49. The molecule has 1 fully saturated rings. The molecule has 0 N–H and O–H groups in total.